The molecule has 0 atom stereocenters. The van der Waals surface area contributed by atoms with Gasteiger partial charge in [-0.25, -0.2) is 5.53 Å². The van der Waals surface area contributed by atoms with Crippen LogP contribution in [0.2, 0.25) is 0 Å². The van der Waals surface area contributed by atoms with Crippen LogP contribution in [0, 0.1) is 0 Å². The molecule has 0 aliphatic carbocycles. The SMILES string of the molecule is [HH].c1ccc(-c2ccc(COc3cccc(OCCCC4=NNNN4)c3)nc2)cc1. The van der Waals surface area contributed by atoms with Gasteiger partial charge in [0.1, 0.15) is 23.9 Å². The van der Waals surface area contributed by atoms with E-state index in [-0.39, 0.29) is 1.43 Å². The molecule has 0 saturated carbocycles. The number of nitrogens with one attached hydrogen (secondary N) is 3. The van der Waals surface area contributed by atoms with Gasteiger partial charge in [-0.3, -0.25) is 10.4 Å². The number of ether oxygens (including phenoxy) is 2. The molecule has 3 aromatic rings. The van der Waals surface area contributed by atoms with Gasteiger partial charge in [-0.2, -0.15) is 0 Å². The molecule has 0 saturated heterocycles. The lowest BCUT2D eigenvalue weighted by Crippen LogP contribution is -2.35. The molecule has 0 radical (unpaired) electrons. The number of benzene rings is 2. The summed E-state index contributed by atoms with van der Waals surface area (Å²) in [6.07, 6.45) is 3.54. The van der Waals surface area contributed by atoms with Crippen LogP contribution in [0.15, 0.2) is 78.0 Å². The van der Waals surface area contributed by atoms with Gasteiger partial charge in [0.25, 0.3) is 0 Å². The first-order valence-corrected chi connectivity index (χ1v) is 9.55. The molecule has 1 aromatic heterocycles. The third-order valence-electron chi connectivity index (χ3n) is 4.40. The van der Waals surface area contributed by atoms with E-state index in [9.17, 15) is 0 Å². The molecule has 7 heteroatoms. The van der Waals surface area contributed by atoms with Crippen LogP contribution in [0.4, 0.5) is 0 Å². The minimum Gasteiger partial charge on any atom is -0.493 e. The number of rotatable bonds is 9. The van der Waals surface area contributed by atoms with E-state index >= 15 is 0 Å². The van der Waals surface area contributed by atoms with Gasteiger partial charge >= 0.3 is 0 Å². The summed E-state index contributed by atoms with van der Waals surface area (Å²) < 4.78 is 11.7. The highest BCUT2D eigenvalue weighted by Crippen LogP contribution is 2.21. The van der Waals surface area contributed by atoms with Crippen LogP contribution < -0.4 is 26.0 Å². The van der Waals surface area contributed by atoms with Gasteiger partial charge in [0.2, 0.25) is 0 Å². The molecule has 0 fully saturated rings. The van der Waals surface area contributed by atoms with Crippen molar-refractivity contribution in [1.29, 1.82) is 0 Å². The zero-order valence-electron chi connectivity index (χ0n) is 16.0. The maximum Gasteiger partial charge on any atom is 0.139 e. The van der Waals surface area contributed by atoms with Crippen LogP contribution in [0.3, 0.4) is 0 Å². The lowest BCUT2D eigenvalue weighted by atomic mass is 10.1. The third kappa shape index (κ3) is 5.46. The molecule has 2 aromatic carbocycles. The Kier molecular flexibility index (Phi) is 6.19. The first kappa shape index (κ1) is 18.8. The van der Waals surface area contributed by atoms with Gasteiger partial charge in [0.15, 0.2) is 0 Å². The van der Waals surface area contributed by atoms with Gasteiger partial charge in [-0.05, 0) is 30.2 Å². The monoisotopic (exact) mass is 391 g/mol. The summed E-state index contributed by atoms with van der Waals surface area (Å²) in [6, 6.07) is 21.9. The minimum atomic E-state index is 0. The molecular formula is C22H25N5O2. The Labute approximate surface area is 171 Å². The van der Waals surface area contributed by atoms with E-state index in [2.05, 4.69) is 44.8 Å². The molecule has 1 aliphatic rings. The molecule has 0 bridgehead atoms. The Hall–Kier alpha value is -3.58. The number of pyridine rings is 1. The van der Waals surface area contributed by atoms with Crippen LogP contribution in [0.5, 0.6) is 11.5 Å². The number of amidine groups is 1. The van der Waals surface area contributed by atoms with Gasteiger partial charge < -0.3 is 9.47 Å². The summed E-state index contributed by atoms with van der Waals surface area (Å²) >= 11 is 0. The van der Waals surface area contributed by atoms with E-state index in [1.54, 1.807) is 0 Å². The zero-order valence-corrected chi connectivity index (χ0v) is 16.0. The fraction of sp³-hybridized carbons (Fsp3) is 0.182. The normalized spacial score (nSPS) is 12.6. The van der Waals surface area contributed by atoms with Gasteiger partial charge in [-0.1, -0.05) is 42.5 Å². The first-order valence-electron chi connectivity index (χ1n) is 9.55. The molecule has 1 aliphatic heterocycles. The standard InChI is InChI=1S/C22H23N5O2.H2/c1-2-6-17(7-3-1)18-11-12-19(23-15-18)16-29-21-9-4-8-20(14-21)28-13-5-10-22-24-26-27-25-22;/h1-4,6-9,11-12,14-15,26-27H,5,10,13,16H2,(H,24,25);1H. The lowest BCUT2D eigenvalue weighted by molar-refractivity contribution is 0.290. The Morgan fingerprint density at radius 2 is 1.72 bits per heavy atom. The zero-order chi connectivity index (χ0) is 19.7. The molecule has 0 unspecified atom stereocenters. The maximum atomic E-state index is 5.88. The highest BCUT2D eigenvalue weighted by molar-refractivity contribution is 5.82. The Morgan fingerprint density at radius 3 is 2.48 bits per heavy atom. The average Bonchev–Trinajstić information content (AvgIpc) is 3.30. The van der Waals surface area contributed by atoms with Crippen LogP contribution in [0.25, 0.3) is 11.1 Å². The molecule has 0 amide bonds. The topological polar surface area (TPSA) is 79.8 Å². The van der Waals surface area contributed by atoms with Crippen molar-refractivity contribution in [3.63, 3.8) is 0 Å². The fourth-order valence-corrected chi connectivity index (χ4v) is 2.89. The summed E-state index contributed by atoms with van der Waals surface area (Å²) in [5.41, 5.74) is 11.4. The van der Waals surface area contributed by atoms with Crippen molar-refractivity contribution < 1.29 is 10.9 Å². The highest BCUT2D eigenvalue weighted by atomic mass is 16.5. The van der Waals surface area contributed by atoms with Crippen molar-refractivity contribution in [2.45, 2.75) is 19.4 Å². The molecule has 3 N–H and O–H groups in total. The smallest absolute Gasteiger partial charge is 0.139 e. The number of hydrogen-bond donors (Lipinski definition) is 3. The van der Waals surface area contributed by atoms with Gasteiger partial charge in [-0.15, -0.1) is 10.6 Å². The lowest BCUT2D eigenvalue weighted by Gasteiger charge is -2.10. The number of hydrazine groups is 2. The van der Waals surface area contributed by atoms with E-state index in [0.29, 0.717) is 13.2 Å². The highest BCUT2D eigenvalue weighted by Gasteiger charge is 2.05. The fourth-order valence-electron chi connectivity index (χ4n) is 2.89. The quantitative estimate of drug-likeness (QED) is 0.483. The predicted molar refractivity (Wildman–Crippen MR) is 114 cm³/mol. The molecule has 7 nitrogen and oxygen atoms in total. The van der Waals surface area contributed by atoms with Gasteiger partial charge in [0, 0.05) is 25.7 Å². The van der Waals surface area contributed by atoms with Crippen molar-refractivity contribution in [1.82, 2.24) is 21.5 Å². The van der Waals surface area contributed by atoms with Crippen LogP contribution in [0.1, 0.15) is 20.0 Å². The molecule has 150 valence electrons. The molecule has 2 heterocycles. The summed E-state index contributed by atoms with van der Waals surface area (Å²) in [5.74, 6) is 2.41. The average molecular weight is 391 g/mol. The van der Waals surface area contributed by atoms with E-state index in [0.717, 1.165) is 47.0 Å². The predicted octanol–water partition coefficient (Wildman–Crippen LogP) is 3.66. The second-order valence-corrected chi connectivity index (χ2v) is 6.54. The third-order valence-corrected chi connectivity index (χ3v) is 4.40. The summed E-state index contributed by atoms with van der Waals surface area (Å²) in [5, 5.41) is 4.03. The second kappa shape index (κ2) is 9.57. The van der Waals surface area contributed by atoms with E-state index < -0.39 is 0 Å². The van der Waals surface area contributed by atoms with Crippen LogP contribution >= 0.6 is 0 Å². The number of nitrogens with zero attached hydrogens (tertiary/aromatic N) is 2. The number of hydrazone groups is 1. The van der Waals surface area contributed by atoms with Crippen LogP contribution in [-0.4, -0.2) is 17.4 Å². The first-order chi connectivity index (χ1) is 14.4. The largest absolute Gasteiger partial charge is 0.493 e. The van der Waals surface area contributed by atoms with Crippen molar-refractivity contribution >= 4 is 5.84 Å². The summed E-state index contributed by atoms with van der Waals surface area (Å²) in [7, 11) is 0. The van der Waals surface area contributed by atoms with E-state index in [1.165, 1.54) is 0 Å². The van der Waals surface area contributed by atoms with Crippen molar-refractivity contribution in [2.75, 3.05) is 6.61 Å². The Bertz CT molecular complexity index is 951. The number of hydrogen-bond acceptors (Lipinski definition) is 7. The molecule has 4 rings (SSSR count). The van der Waals surface area contributed by atoms with Gasteiger partial charge in [0.05, 0.1) is 12.3 Å². The minimum absolute atomic E-state index is 0. The van der Waals surface area contributed by atoms with E-state index in [4.69, 9.17) is 9.47 Å². The summed E-state index contributed by atoms with van der Waals surface area (Å²) in [4.78, 5) is 4.51. The van der Waals surface area contributed by atoms with Crippen molar-refractivity contribution in [3.05, 3.63) is 78.6 Å². The molecule has 0 spiro atoms. The van der Waals surface area contributed by atoms with Crippen molar-refractivity contribution in [3.8, 4) is 22.6 Å². The molecular weight excluding hydrogens is 366 g/mol. The Morgan fingerprint density at radius 1 is 0.862 bits per heavy atom. The maximum absolute atomic E-state index is 5.88. The summed E-state index contributed by atoms with van der Waals surface area (Å²) in [6.45, 7) is 1.01. The van der Waals surface area contributed by atoms with Crippen molar-refractivity contribution in [2.24, 2.45) is 5.10 Å². The molecule has 29 heavy (non-hydrogen) atoms. The second-order valence-electron chi connectivity index (χ2n) is 6.54. The van der Waals surface area contributed by atoms with E-state index in [1.807, 2.05) is 54.7 Å². The number of aromatic nitrogens is 1. The Balaban J connectivity index is 0.00000256. The van der Waals surface area contributed by atoms with Crippen LogP contribution in [-0.2, 0) is 6.61 Å².